The smallest absolute Gasteiger partial charge is 0.0699 e. The van der Waals surface area contributed by atoms with Gasteiger partial charge in [0.15, 0.2) is 0 Å². The van der Waals surface area contributed by atoms with Gasteiger partial charge in [0.25, 0.3) is 0 Å². The molecule has 16 heavy (non-hydrogen) atoms. The normalized spacial score (nSPS) is 21.2. The van der Waals surface area contributed by atoms with Gasteiger partial charge in [0.05, 0.1) is 11.8 Å². The molecule has 0 radical (unpaired) electrons. The third-order valence-corrected chi connectivity index (χ3v) is 3.08. The summed E-state index contributed by atoms with van der Waals surface area (Å²) in [6, 6.07) is 0. The second-order valence-corrected chi connectivity index (χ2v) is 4.53. The van der Waals surface area contributed by atoms with E-state index < -0.39 is 0 Å². The van der Waals surface area contributed by atoms with Gasteiger partial charge in [-0.05, 0) is 26.2 Å². The molecule has 1 aliphatic rings. The van der Waals surface area contributed by atoms with Gasteiger partial charge in [-0.15, -0.1) is 0 Å². The Labute approximate surface area is 97.0 Å². The van der Waals surface area contributed by atoms with Crippen LogP contribution in [0.4, 0.5) is 0 Å². The third-order valence-electron chi connectivity index (χ3n) is 3.08. The fourth-order valence-electron chi connectivity index (χ4n) is 2.16. The molecule has 4 heteroatoms. The van der Waals surface area contributed by atoms with Gasteiger partial charge >= 0.3 is 0 Å². The fourth-order valence-corrected chi connectivity index (χ4v) is 2.16. The van der Waals surface area contributed by atoms with E-state index in [9.17, 15) is 0 Å². The Bertz CT molecular complexity index is 329. The van der Waals surface area contributed by atoms with E-state index in [1.165, 1.54) is 24.8 Å². The summed E-state index contributed by atoms with van der Waals surface area (Å²) < 4.78 is 7.53. The fraction of sp³-hybridized carbons (Fsp3) is 0.750. The van der Waals surface area contributed by atoms with Crippen molar-refractivity contribution in [2.45, 2.75) is 38.8 Å². The molecule has 2 rings (SSSR count). The van der Waals surface area contributed by atoms with Gasteiger partial charge in [-0.25, -0.2) is 0 Å². The summed E-state index contributed by atoms with van der Waals surface area (Å²) in [6.45, 7) is 4.82. The molecule has 0 saturated carbocycles. The van der Waals surface area contributed by atoms with Crippen LogP contribution in [0.15, 0.2) is 6.20 Å². The predicted octanol–water partition coefficient (Wildman–Crippen LogP) is 1.39. The first-order valence-electron chi connectivity index (χ1n) is 6.07. The maximum absolute atomic E-state index is 5.67. The second kappa shape index (κ2) is 5.46. The van der Waals surface area contributed by atoms with Crippen molar-refractivity contribution in [3.05, 3.63) is 17.5 Å². The van der Waals surface area contributed by atoms with Crippen LogP contribution in [0.5, 0.6) is 0 Å². The highest BCUT2D eigenvalue weighted by Crippen LogP contribution is 2.12. The standard InChI is InChI=1S/C12H21N3O/c1-10-11(9-15(2)14-10)7-13-8-12-5-3-4-6-16-12/h9,12-13H,3-8H2,1-2H3. The zero-order chi connectivity index (χ0) is 11.4. The molecule has 1 aliphatic heterocycles. The average molecular weight is 223 g/mol. The van der Waals surface area contributed by atoms with Crippen LogP contribution in [0.3, 0.4) is 0 Å². The van der Waals surface area contributed by atoms with Crippen LogP contribution in [-0.2, 0) is 18.3 Å². The minimum Gasteiger partial charge on any atom is -0.377 e. The van der Waals surface area contributed by atoms with E-state index in [2.05, 4.69) is 16.6 Å². The quantitative estimate of drug-likeness (QED) is 0.838. The Morgan fingerprint density at radius 3 is 3.06 bits per heavy atom. The lowest BCUT2D eigenvalue weighted by molar-refractivity contribution is 0.0168. The number of hydrogen-bond donors (Lipinski definition) is 1. The van der Waals surface area contributed by atoms with Crippen molar-refractivity contribution >= 4 is 0 Å². The van der Waals surface area contributed by atoms with Crippen molar-refractivity contribution in [2.75, 3.05) is 13.2 Å². The summed E-state index contributed by atoms with van der Waals surface area (Å²) in [5.41, 5.74) is 2.39. The third kappa shape index (κ3) is 3.06. The number of aromatic nitrogens is 2. The number of hydrogen-bond acceptors (Lipinski definition) is 3. The van der Waals surface area contributed by atoms with Crippen LogP contribution in [0.2, 0.25) is 0 Å². The van der Waals surface area contributed by atoms with E-state index in [0.29, 0.717) is 6.10 Å². The van der Waals surface area contributed by atoms with Gasteiger partial charge in [-0.3, -0.25) is 4.68 Å². The van der Waals surface area contributed by atoms with E-state index in [1.54, 1.807) is 0 Å². The van der Waals surface area contributed by atoms with Crippen LogP contribution < -0.4 is 5.32 Å². The molecule has 2 heterocycles. The highest BCUT2D eigenvalue weighted by atomic mass is 16.5. The summed E-state index contributed by atoms with van der Waals surface area (Å²) in [5.74, 6) is 0. The first-order chi connectivity index (χ1) is 7.75. The Kier molecular flexibility index (Phi) is 3.96. The summed E-state index contributed by atoms with van der Waals surface area (Å²) >= 11 is 0. The van der Waals surface area contributed by atoms with Gasteiger partial charge in [-0.2, -0.15) is 5.10 Å². The summed E-state index contributed by atoms with van der Waals surface area (Å²) in [5, 5.41) is 7.77. The van der Waals surface area contributed by atoms with Gasteiger partial charge in [0.1, 0.15) is 0 Å². The van der Waals surface area contributed by atoms with E-state index in [1.807, 2.05) is 18.7 Å². The summed E-state index contributed by atoms with van der Waals surface area (Å²) in [7, 11) is 1.96. The Hall–Kier alpha value is -0.870. The van der Waals surface area contributed by atoms with Crippen LogP contribution in [0.1, 0.15) is 30.5 Å². The van der Waals surface area contributed by atoms with E-state index in [-0.39, 0.29) is 0 Å². The van der Waals surface area contributed by atoms with Crippen molar-refractivity contribution in [2.24, 2.45) is 7.05 Å². The molecule has 0 aliphatic carbocycles. The van der Waals surface area contributed by atoms with Crippen molar-refractivity contribution in [3.8, 4) is 0 Å². The van der Waals surface area contributed by atoms with Crippen molar-refractivity contribution in [1.29, 1.82) is 0 Å². The molecule has 1 aromatic heterocycles. The number of ether oxygens (including phenoxy) is 1. The lowest BCUT2D eigenvalue weighted by Crippen LogP contribution is -2.31. The largest absolute Gasteiger partial charge is 0.377 e. The molecule has 90 valence electrons. The van der Waals surface area contributed by atoms with Crippen LogP contribution in [-0.4, -0.2) is 29.0 Å². The zero-order valence-corrected chi connectivity index (χ0v) is 10.2. The first kappa shape index (κ1) is 11.6. The summed E-state index contributed by atoms with van der Waals surface area (Å²) in [4.78, 5) is 0. The van der Waals surface area contributed by atoms with E-state index >= 15 is 0 Å². The van der Waals surface area contributed by atoms with Crippen LogP contribution >= 0.6 is 0 Å². The Morgan fingerprint density at radius 2 is 2.44 bits per heavy atom. The molecule has 1 saturated heterocycles. The van der Waals surface area contributed by atoms with E-state index in [0.717, 1.165) is 25.4 Å². The highest BCUT2D eigenvalue weighted by Gasteiger charge is 2.13. The lowest BCUT2D eigenvalue weighted by atomic mass is 10.1. The molecule has 1 atom stereocenters. The Balaban J connectivity index is 1.73. The lowest BCUT2D eigenvalue weighted by Gasteiger charge is -2.22. The molecule has 4 nitrogen and oxygen atoms in total. The molecule has 1 fully saturated rings. The Morgan fingerprint density at radius 1 is 1.56 bits per heavy atom. The maximum atomic E-state index is 5.67. The van der Waals surface area contributed by atoms with Crippen molar-refractivity contribution in [1.82, 2.24) is 15.1 Å². The van der Waals surface area contributed by atoms with Gasteiger partial charge in [-0.1, -0.05) is 0 Å². The predicted molar refractivity (Wildman–Crippen MR) is 63.2 cm³/mol. The van der Waals surface area contributed by atoms with Gasteiger partial charge in [0, 0.05) is 38.5 Å². The van der Waals surface area contributed by atoms with Gasteiger partial charge < -0.3 is 10.1 Å². The minimum atomic E-state index is 0.408. The van der Waals surface area contributed by atoms with Crippen LogP contribution in [0, 0.1) is 6.92 Å². The number of rotatable bonds is 4. The monoisotopic (exact) mass is 223 g/mol. The van der Waals surface area contributed by atoms with E-state index in [4.69, 9.17) is 4.74 Å². The molecule has 1 N–H and O–H groups in total. The molecule has 0 aromatic carbocycles. The first-order valence-corrected chi connectivity index (χ1v) is 6.07. The maximum Gasteiger partial charge on any atom is 0.0699 e. The SMILES string of the molecule is Cc1nn(C)cc1CNCC1CCCCO1. The molecule has 0 amide bonds. The zero-order valence-electron chi connectivity index (χ0n) is 10.2. The highest BCUT2D eigenvalue weighted by molar-refractivity contribution is 5.14. The number of nitrogens with zero attached hydrogens (tertiary/aromatic N) is 2. The number of aryl methyl sites for hydroxylation is 2. The molecular weight excluding hydrogens is 202 g/mol. The molecule has 0 bridgehead atoms. The summed E-state index contributed by atoms with van der Waals surface area (Å²) in [6.07, 6.45) is 6.20. The topological polar surface area (TPSA) is 39.1 Å². The molecular formula is C12H21N3O. The van der Waals surface area contributed by atoms with Gasteiger partial charge in [0.2, 0.25) is 0 Å². The van der Waals surface area contributed by atoms with Crippen molar-refractivity contribution < 1.29 is 4.74 Å². The van der Waals surface area contributed by atoms with Crippen LogP contribution in [0.25, 0.3) is 0 Å². The number of nitrogens with one attached hydrogen (secondary N) is 1. The molecule has 1 unspecified atom stereocenters. The second-order valence-electron chi connectivity index (χ2n) is 4.53. The molecule has 1 aromatic rings. The molecule has 0 spiro atoms. The average Bonchev–Trinajstić information content (AvgIpc) is 2.59. The minimum absolute atomic E-state index is 0.408. The van der Waals surface area contributed by atoms with Crippen molar-refractivity contribution in [3.63, 3.8) is 0 Å².